The standard InChI is InChI=1S/C11H15N3O2/c1-2-8-12-13-11(15)14-16-9-10-6-4-3-5-7-10/h3-7H,2,8-9H2,1H3,(H,14,15). The van der Waals surface area contributed by atoms with Crippen molar-refractivity contribution in [1.82, 2.24) is 5.48 Å². The predicted molar refractivity (Wildman–Crippen MR) is 59.8 cm³/mol. The van der Waals surface area contributed by atoms with E-state index in [2.05, 4.69) is 15.7 Å². The number of nitrogens with one attached hydrogen (secondary N) is 1. The van der Waals surface area contributed by atoms with E-state index in [4.69, 9.17) is 4.84 Å². The molecule has 0 heterocycles. The fraction of sp³-hybridized carbons (Fsp3) is 0.364. The number of carbonyl (C=O) groups is 1. The van der Waals surface area contributed by atoms with Crippen LogP contribution in [0.25, 0.3) is 0 Å². The molecule has 0 fully saturated rings. The lowest BCUT2D eigenvalue weighted by Gasteiger charge is -2.02. The molecule has 5 heteroatoms. The number of amides is 2. The van der Waals surface area contributed by atoms with Crippen LogP contribution in [-0.2, 0) is 11.4 Å². The average Bonchev–Trinajstić information content (AvgIpc) is 2.31. The molecule has 0 saturated carbocycles. The summed E-state index contributed by atoms with van der Waals surface area (Å²) < 4.78 is 0. The highest BCUT2D eigenvalue weighted by Crippen LogP contribution is 1.98. The molecule has 0 atom stereocenters. The summed E-state index contributed by atoms with van der Waals surface area (Å²) in [4.78, 5) is 16.0. The van der Waals surface area contributed by atoms with Gasteiger partial charge in [-0.2, -0.15) is 5.11 Å². The maximum absolute atomic E-state index is 11.0. The summed E-state index contributed by atoms with van der Waals surface area (Å²) in [5.41, 5.74) is 3.17. The molecule has 1 aromatic carbocycles. The van der Waals surface area contributed by atoms with Crippen molar-refractivity contribution in [3.63, 3.8) is 0 Å². The van der Waals surface area contributed by atoms with Crippen LogP contribution in [0, 0.1) is 0 Å². The summed E-state index contributed by atoms with van der Waals surface area (Å²) in [6.45, 7) is 2.82. The first kappa shape index (κ1) is 12.3. The molecule has 1 rings (SSSR count). The van der Waals surface area contributed by atoms with E-state index in [9.17, 15) is 4.79 Å². The Bertz CT molecular complexity index is 338. The summed E-state index contributed by atoms with van der Waals surface area (Å²) in [6, 6.07) is 8.96. The Hall–Kier alpha value is -1.75. The van der Waals surface area contributed by atoms with Crippen molar-refractivity contribution in [3.05, 3.63) is 35.9 Å². The van der Waals surface area contributed by atoms with Crippen LogP contribution in [0.1, 0.15) is 18.9 Å². The van der Waals surface area contributed by atoms with E-state index in [1.807, 2.05) is 37.3 Å². The van der Waals surface area contributed by atoms with E-state index >= 15 is 0 Å². The highest BCUT2D eigenvalue weighted by atomic mass is 16.7. The number of hydroxylamine groups is 1. The maximum atomic E-state index is 11.0. The number of hydrogen-bond donors (Lipinski definition) is 1. The number of benzene rings is 1. The molecule has 0 aliphatic heterocycles. The Morgan fingerprint density at radius 2 is 2.12 bits per heavy atom. The van der Waals surface area contributed by atoms with Crippen molar-refractivity contribution in [2.75, 3.05) is 6.54 Å². The van der Waals surface area contributed by atoms with E-state index in [1.165, 1.54) is 0 Å². The molecule has 2 amide bonds. The number of azo groups is 1. The van der Waals surface area contributed by atoms with Crippen molar-refractivity contribution in [2.45, 2.75) is 20.0 Å². The lowest BCUT2D eigenvalue weighted by Crippen LogP contribution is -2.19. The first-order chi connectivity index (χ1) is 7.83. The van der Waals surface area contributed by atoms with Crippen molar-refractivity contribution >= 4 is 6.03 Å². The van der Waals surface area contributed by atoms with Gasteiger partial charge >= 0.3 is 6.03 Å². The Labute approximate surface area is 94.5 Å². The number of rotatable bonds is 5. The smallest absolute Gasteiger partial charge is 0.267 e. The van der Waals surface area contributed by atoms with Crippen molar-refractivity contribution < 1.29 is 9.63 Å². The lowest BCUT2D eigenvalue weighted by atomic mass is 10.2. The Morgan fingerprint density at radius 3 is 2.81 bits per heavy atom. The van der Waals surface area contributed by atoms with Gasteiger partial charge in [-0.25, -0.2) is 10.3 Å². The molecule has 1 N–H and O–H groups in total. The molecule has 86 valence electrons. The van der Waals surface area contributed by atoms with Gasteiger partial charge in [0.15, 0.2) is 0 Å². The zero-order valence-electron chi connectivity index (χ0n) is 9.22. The fourth-order valence-electron chi connectivity index (χ4n) is 0.990. The van der Waals surface area contributed by atoms with Gasteiger partial charge < -0.3 is 0 Å². The van der Waals surface area contributed by atoms with Crippen LogP contribution in [-0.4, -0.2) is 12.6 Å². The third-order valence-corrected chi connectivity index (χ3v) is 1.73. The van der Waals surface area contributed by atoms with E-state index in [-0.39, 0.29) is 0 Å². The molecular formula is C11H15N3O2. The topological polar surface area (TPSA) is 63.0 Å². The molecule has 0 saturated heterocycles. The molecule has 5 nitrogen and oxygen atoms in total. The van der Waals surface area contributed by atoms with Crippen molar-refractivity contribution in [3.8, 4) is 0 Å². The minimum Gasteiger partial charge on any atom is -0.267 e. The second kappa shape index (κ2) is 7.53. The van der Waals surface area contributed by atoms with Crippen molar-refractivity contribution in [1.29, 1.82) is 0 Å². The third-order valence-electron chi connectivity index (χ3n) is 1.73. The second-order valence-electron chi connectivity index (χ2n) is 3.15. The van der Waals surface area contributed by atoms with Crippen LogP contribution >= 0.6 is 0 Å². The van der Waals surface area contributed by atoms with Gasteiger partial charge in [0.2, 0.25) is 0 Å². The fourth-order valence-corrected chi connectivity index (χ4v) is 0.990. The summed E-state index contributed by atoms with van der Waals surface area (Å²) in [5, 5.41) is 7.04. The molecular weight excluding hydrogens is 206 g/mol. The van der Waals surface area contributed by atoms with Gasteiger partial charge in [0.1, 0.15) is 0 Å². The van der Waals surface area contributed by atoms with Gasteiger partial charge in [-0.05, 0) is 12.0 Å². The van der Waals surface area contributed by atoms with Crippen LogP contribution in [0.2, 0.25) is 0 Å². The van der Waals surface area contributed by atoms with Gasteiger partial charge in [-0.3, -0.25) is 4.84 Å². The number of urea groups is 1. The molecule has 0 aromatic heterocycles. The molecule has 16 heavy (non-hydrogen) atoms. The van der Waals surface area contributed by atoms with Crippen molar-refractivity contribution in [2.24, 2.45) is 10.2 Å². The highest BCUT2D eigenvalue weighted by Gasteiger charge is 1.97. The second-order valence-corrected chi connectivity index (χ2v) is 3.15. The number of nitrogens with zero attached hydrogens (tertiary/aromatic N) is 2. The van der Waals surface area contributed by atoms with Gasteiger partial charge in [-0.15, -0.1) is 0 Å². The van der Waals surface area contributed by atoms with Gasteiger partial charge in [0.05, 0.1) is 13.2 Å². The van der Waals surface area contributed by atoms with E-state index in [0.29, 0.717) is 13.2 Å². The van der Waals surface area contributed by atoms with Crippen LogP contribution in [0.4, 0.5) is 4.79 Å². The molecule has 1 aromatic rings. The van der Waals surface area contributed by atoms with Crippen LogP contribution < -0.4 is 5.48 Å². The Kier molecular flexibility index (Phi) is 5.80. The predicted octanol–water partition coefficient (Wildman–Crippen LogP) is 2.69. The zero-order chi connectivity index (χ0) is 11.6. The third kappa shape index (κ3) is 5.21. The summed E-state index contributed by atoms with van der Waals surface area (Å²) in [6.07, 6.45) is 0.863. The highest BCUT2D eigenvalue weighted by molar-refractivity contribution is 5.72. The molecule has 0 unspecified atom stereocenters. The van der Waals surface area contributed by atoms with Gasteiger partial charge in [0, 0.05) is 0 Å². The maximum Gasteiger partial charge on any atom is 0.383 e. The van der Waals surface area contributed by atoms with Crippen LogP contribution in [0.15, 0.2) is 40.6 Å². The summed E-state index contributed by atoms with van der Waals surface area (Å²) >= 11 is 0. The van der Waals surface area contributed by atoms with E-state index in [0.717, 1.165) is 12.0 Å². The van der Waals surface area contributed by atoms with Crippen LogP contribution in [0.5, 0.6) is 0 Å². The summed E-state index contributed by atoms with van der Waals surface area (Å²) in [7, 11) is 0. The largest absolute Gasteiger partial charge is 0.383 e. The number of carbonyl (C=O) groups excluding carboxylic acids is 1. The van der Waals surface area contributed by atoms with Gasteiger partial charge in [-0.1, -0.05) is 42.4 Å². The van der Waals surface area contributed by atoms with Gasteiger partial charge in [0.25, 0.3) is 0 Å². The quantitative estimate of drug-likeness (QED) is 0.613. The summed E-state index contributed by atoms with van der Waals surface area (Å²) in [5.74, 6) is 0. The molecule has 0 aliphatic carbocycles. The van der Waals surface area contributed by atoms with E-state index in [1.54, 1.807) is 0 Å². The minimum atomic E-state index is -0.579. The lowest BCUT2D eigenvalue weighted by molar-refractivity contribution is 0.0517. The normalized spacial score (nSPS) is 10.6. The average molecular weight is 221 g/mol. The zero-order valence-corrected chi connectivity index (χ0v) is 9.22. The van der Waals surface area contributed by atoms with E-state index < -0.39 is 6.03 Å². The molecule has 0 spiro atoms. The monoisotopic (exact) mass is 221 g/mol. The number of hydrogen-bond acceptors (Lipinski definition) is 3. The first-order valence-electron chi connectivity index (χ1n) is 5.16. The molecule has 0 radical (unpaired) electrons. The Morgan fingerprint density at radius 1 is 1.38 bits per heavy atom. The SMILES string of the molecule is CCCN=NC(=O)NOCc1ccccc1. The molecule has 0 bridgehead atoms. The molecule has 0 aliphatic rings. The Balaban J connectivity index is 2.18. The minimum absolute atomic E-state index is 0.315. The first-order valence-corrected chi connectivity index (χ1v) is 5.16. The van der Waals surface area contributed by atoms with Crippen LogP contribution in [0.3, 0.4) is 0 Å².